The van der Waals surface area contributed by atoms with Crippen molar-refractivity contribution < 1.29 is 13.9 Å². The normalized spacial score (nSPS) is 17.7. The van der Waals surface area contributed by atoms with E-state index in [1.54, 1.807) is 30.6 Å². The van der Waals surface area contributed by atoms with Gasteiger partial charge >= 0.3 is 0 Å². The molecule has 0 spiro atoms. The lowest BCUT2D eigenvalue weighted by Gasteiger charge is -2.26. The SMILES string of the molecule is CCC1CCC=C(c2ccc(F)cc2F)C(C(O)c2cccnc2)=C1c1cccc(Cl)c1. The minimum atomic E-state index is -1.04. The van der Waals surface area contributed by atoms with E-state index in [-0.39, 0.29) is 11.5 Å². The molecule has 2 aromatic carbocycles. The van der Waals surface area contributed by atoms with Crippen LogP contribution in [-0.2, 0) is 0 Å². The van der Waals surface area contributed by atoms with Gasteiger partial charge in [-0.1, -0.05) is 42.8 Å². The molecule has 1 heterocycles. The van der Waals surface area contributed by atoms with E-state index in [0.29, 0.717) is 28.2 Å². The molecule has 0 saturated heterocycles. The van der Waals surface area contributed by atoms with Crippen molar-refractivity contribution in [3.8, 4) is 0 Å². The molecule has 1 N–H and O–H groups in total. The highest BCUT2D eigenvalue weighted by Crippen LogP contribution is 2.46. The van der Waals surface area contributed by atoms with Crippen LogP contribution in [0.2, 0.25) is 5.02 Å². The monoisotopic (exact) mass is 451 g/mol. The van der Waals surface area contributed by atoms with Crippen LogP contribution < -0.4 is 0 Å². The van der Waals surface area contributed by atoms with Gasteiger partial charge in [0.15, 0.2) is 0 Å². The van der Waals surface area contributed by atoms with E-state index in [0.717, 1.165) is 30.0 Å². The molecule has 3 aromatic rings. The Morgan fingerprint density at radius 2 is 1.97 bits per heavy atom. The standard InChI is InChI=1S/C27H24ClF2NO/c1-2-17-6-4-10-23(22-12-11-21(29)15-24(22)30)26(27(32)19-8-5-13-31-16-19)25(17)18-7-3-9-20(28)14-18/h3,5,7-17,27,32H,2,4,6H2,1H3. The average Bonchev–Trinajstić information content (AvgIpc) is 2.99. The van der Waals surface area contributed by atoms with Crippen molar-refractivity contribution in [3.63, 3.8) is 0 Å². The number of pyridine rings is 1. The molecule has 4 rings (SSSR count). The molecule has 164 valence electrons. The van der Waals surface area contributed by atoms with Gasteiger partial charge in [-0.15, -0.1) is 0 Å². The lowest BCUT2D eigenvalue weighted by molar-refractivity contribution is 0.220. The van der Waals surface area contributed by atoms with E-state index >= 15 is 0 Å². The summed E-state index contributed by atoms with van der Waals surface area (Å²) in [5, 5.41) is 12.2. The van der Waals surface area contributed by atoms with E-state index in [9.17, 15) is 13.9 Å². The first-order chi connectivity index (χ1) is 15.5. The highest BCUT2D eigenvalue weighted by molar-refractivity contribution is 6.30. The second-order valence-electron chi connectivity index (χ2n) is 7.95. The summed E-state index contributed by atoms with van der Waals surface area (Å²) >= 11 is 6.32. The molecular formula is C27H24ClF2NO. The van der Waals surface area contributed by atoms with Crippen LogP contribution in [0.3, 0.4) is 0 Å². The number of benzene rings is 2. The first-order valence-electron chi connectivity index (χ1n) is 10.7. The summed E-state index contributed by atoms with van der Waals surface area (Å²) in [7, 11) is 0. The number of allylic oxidation sites excluding steroid dienone is 2. The predicted octanol–water partition coefficient (Wildman–Crippen LogP) is 7.40. The van der Waals surface area contributed by atoms with Crippen molar-refractivity contribution in [1.82, 2.24) is 4.98 Å². The molecule has 0 fully saturated rings. The van der Waals surface area contributed by atoms with Gasteiger partial charge in [0.05, 0.1) is 0 Å². The number of aliphatic hydroxyl groups excluding tert-OH is 1. The van der Waals surface area contributed by atoms with E-state index in [2.05, 4.69) is 11.9 Å². The summed E-state index contributed by atoms with van der Waals surface area (Å²) in [6, 6.07) is 14.6. The summed E-state index contributed by atoms with van der Waals surface area (Å²) in [5.41, 5.74) is 3.86. The van der Waals surface area contributed by atoms with Crippen LogP contribution in [0.25, 0.3) is 11.1 Å². The number of halogens is 3. The maximum Gasteiger partial charge on any atom is 0.133 e. The first kappa shape index (κ1) is 22.4. The summed E-state index contributed by atoms with van der Waals surface area (Å²) in [6.45, 7) is 2.10. The summed E-state index contributed by atoms with van der Waals surface area (Å²) in [6.07, 6.45) is 6.55. The third kappa shape index (κ3) is 4.52. The molecule has 2 unspecified atom stereocenters. The van der Waals surface area contributed by atoms with Gasteiger partial charge in [0.1, 0.15) is 17.7 Å². The maximum atomic E-state index is 15.0. The van der Waals surface area contributed by atoms with Crippen LogP contribution >= 0.6 is 11.6 Å². The van der Waals surface area contributed by atoms with Crippen molar-refractivity contribution in [2.45, 2.75) is 32.3 Å². The van der Waals surface area contributed by atoms with E-state index < -0.39 is 17.7 Å². The number of nitrogens with zero attached hydrogens (tertiary/aromatic N) is 1. The molecule has 2 atom stereocenters. The van der Waals surface area contributed by atoms with Crippen LogP contribution in [0.4, 0.5) is 8.78 Å². The molecule has 1 aromatic heterocycles. The molecule has 0 amide bonds. The zero-order chi connectivity index (χ0) is 22.7. The quantitative estimate of drug-likeness (QED) is 0.438. The van der Waals surface area contributed by atoms with Gasteiger partial charge < -0.3 is 5.11 Å². The largest absolute Gasteiger partial charge is 0.384 e. The van der Waals surface area contributed by atoms with Gasteiger partial charge in [-0.25, -0.2) is 8.78 Å². The molecule has 0 saturated carbocycles. The fourth-order valence-corrected chi connectivity index (χ4v) is 4.66. The summed E-state index contributed by atoms with van der Waals surface area (Å²) in [5.74, 6) is -1.17. The Bertz CT molecular complexity index is 1170. The minimum Gasteiger partial charge on any atom is -0.384 e. The second-order valence-corrected chi connectivity index (χ2v) is 8.39. The van der Waals surface area contributed by atoms with Crippen LogP contribution in [0.5, 0.6) is 0 Å². The fraction of sp³-hybridized carbons (Fsp3) is 0.222. The van der Waals surface area contributed by atoms with Gasteiger partial charge in [-0.2, -0.15) is 0 Å². The highest BCUT2D eigenvalue weighted by Gasteiger charge is 2.30. The Balaban J connectivity index is 2.03. The molecular weight excluding hydrogens is 428 g/mol. The van der Waals surface area contributed by atoms with E-state index in [4.69, 9.17) is 11.6 Å². The van der Waals surface area contributed by atoms with Crippen LogP contribution in [0.15, 0.2) is 78.6 Å². The number of rotatable bonds is 5. The average molecular weight is 452 g/mol. The third-order valence-electron chi connectivity index (χ3n) is 5.98. The number of aromatic nitrogens is 1. The molecule has 2 nitrogen and oxygen atoms in total. The molecule has 0 radical (unpaired) electrons. The van der Waals surface area contributed by atoms with Crippen LogP contribution in [0.1, 0.15) is 49.0 Å². The zero-order valence-corrected chi connectivity index (χ0v) is 18.5. The predicted molar refractivity (Wildman–Crippen MR) is 125 cm³/mol. The van der Waals surface area contributed by atoms with E-state index in [1.165, 1.54) is 12.1 Å². The molecule has 1 aliphatic rings. The van der Waals surface area contributed by atoms with Gasteiger partial charge in [0.25, 0.3) is 0 Å². The van der Waals surface area contributed by atoms with Crippen molar-refractivity contribution in [1.29, 1.82) is 0 Å². The zero-order valence-electron chi connectivity index (χ0n) is 17.7. The van der Waals surface area contributed by atoms with Gasteiger partial charge in [0, 0.05) is 34.6 Å². The Kier molecular flexibility index (Phi) is 6.83. The smallest absolute Gasteiger partial charge is 0.133 e. The third-order valence-corrected chi connectivity index (χ3v) is 6.21. The number of hydrogen-bond donors (Lipinski definition) is 1. The fourth-order valence-electron chi connectivity index (χ4n) is 4.47. The Morgan fingerprint density at radius 1 is 1.12 bits per heavy atom. The first-order valence-corrected chi connectivity index (χ1v) is 11.1. The van der Waals surface area contributed by atoms with Crippen molar-refractivity contribution in [2.75, 3.05) is 0 Å². The molecule has 0 bridgehead atoms. The topological polar surface area (TPSA) is 33.1 Å². The molecule has 1 aliphatic carbocycles. The van der Waals surface area contributed by atoms with E-state index in [1.807, 2.05) is 24.3 Å². The second kappa shape index (κ2) is 9.76. The van der Waals surface area contributed by atoms with Gasteiger partial charge in [-0.05, 0) is 77.8 Å². The number of hydrogen-bond acceptors (Lipinski definition) is 2. The highest BCUT2D eigenvalue weighted by atomic mass is 35.5. The van der Waals surface area contributed by atoms with Crippen LogP contribution in [0, 0.1) is 17.6 Å². The Morgan fingerprint density at radius 3 is 2.66 bits per heavy atom. The molecule has 0 aliphatic heterocycles. The summed E-state index contributed by atoms with van der Waals surface area (Å²) in [4.78, 5) is 4.16. The lowest BCUT2D eigenvalue weighted by atomic mass is 9.80. The molecule has 5 heteroatoms. The summed E-state index contributed by atoms with van der Waals surface area (Å²) < 4.78 is 28.6. The lowest BCUT2D eigenvalue weighted by Crippen LogP contribution is -2.12. The number of aliphatic hydroxyl groups is 1. The Hall–Kier alpha value is -2.82. The molecule has 32 heavy (non-hydrogen) atoms. The minimum absolute atomic E-state index is 0.132. The van der Waals surface area contributed by atoms with Crippen molar-refractivity contribution in [3.05, 3.63) is 112 Å². The van der Waals surface area contributed by atoms with Crippen molar-refractivity contribution in [2.24, 2.45) is 5.92 Å². The van der Waals surface area contributed by atoms with Crippen LogP contribution in [-0.4, -0.2) is 10.1 Å². The van der Waals surface area contributed by atoms with Gasteiger partial charge in [0.2, 0.25) is 0 Å². The van der Waals surface area contributed by atoms with Crippen molar-refractivity contribution >= 4 is 22.7 Å². The van der Waals surface area contributed by atoms with Gasteiger partial charge in [-0.3, -0.25) is 4.98 Å². The Labute approximate surface area is 191 Å². The maximum absolute atomic E-state index is 15.0.